The summed E-state index contributed by atoms with van der Waals surface area (Å²) in [7, 11) is 5.59. The average molecular weight is 467 g/mol. The summed E-state index contributed by atoms with van der Waals surface area (Å²) >= 11 is 1.44. The van der Waals surface area contributed by atoms with E-state index in [2.05, 4.69) is 4.90 Å². The molecule has 2 heterocycles. The Morgan fingerprint density at radius 1 is 1.06 bits per heavy atom. The van der Waals surface area contributed by atoms with Crippen molar-refractivity contribution in [2.24, 2.45) is 0 Å². The first-order valence-electron chi connectivity index (χ1n) is 10.7. The molecule has 0 spiro atoms. The molecule has 0 atom stereocenters. The van der Waals surface area contributed by atoms with E-state index in [1.165, 1.54) is 16.2 Å². The van der Waals surface area contributed by atoms with Gasteiger partial charge in [-0.15, -0.1) is 0 Å². The van der Waals surface area contributed by atoms with E-state index in [0.29, 0.717) is 28.7 Å². The largest absolute Gasteiger partial charge is 0.494 e. The third-order valence-electron chi connectivity index (χ3n) is 5.48. The molecular weight excluding hydrogens is 440 g/mol. The first kappa shape index (κ1) is 22.9. The van der Waals surface area contributed by atoms with Crippen LogP contribution in [-0.2, 0) is 9.59 Å². The van der Waals surface area contributed by atoms with Crippen LogP contribution >= 0.6 is 11.3 Å². The Morgan fingerprint density at radius 2 is 1.76 bits per heavy atom. The lowest BCUT2D eigenvalue weighted by atomic mass is 10.1. The summed E-state index contributed by atoms with van der Waals surface area (Å²) in [5.74, 6) is 0.0537. The monoisotopic (exact) mass is 466 g/mol. The Kier molecular flexibility index (Phi) is 6.71. The molecule has 8 nitrogen and oxygen atoms in total. The average Bonchev–Trinajstić information content (AvgIpc) is 3.38. The van der Waals surface area contributed by atoms with Crippen molar-refractivity contribution in [1.29, 1.82) is 0 Å². The molecule has 9 heteroatoms. The third kappa shape index (κ3) is 4.74. The highest BCUT2D eigenvalue weighted by molar-refractivity contribution is 7.22. The Balaban J connectivity index is 1.63. The number of para-hydroxylation sites is 1. The summed E-state index contributed by atoms with van der Waals surface area (Å²) in [5.41, 5.74) is 1.68. The van der Waals surface area contributed by atoms with Crippen LogP contribution in [0.4, 0.5) is 10.8 Å². The molecule has 33 heavy (non-hydrogen) atoms. The standard InChI is InChI=1S/C24H26N4O4S/c1-26(2)14-5-15-27(24-25-22-18(32-3)6-4-7-19(22)33-24)23(31)16-8-10-17(11-9-16)28-20(29)12-13-21(28)30/h4,6-11H,5,12-15H2,1-3H3. The van der Waals surface area contributed by atoms with Crippen molar-refractivity contribution >= 4 is 50.1 Å². The predicted octanol–water partition coefficient (Wildman–Crippen LogP) is 3.56. The number of hydrogen-bond donors (Lipinski definition) is 0. The van der Waals surface area contributed by atoms with Crippen LogP contribution < -0.4 is 14.5 Å². The van der Waals surface area contributed by atoms with Crippen LogP contribution in [-0.4, -0.2) is 61.9 Å². The lowest BCUT2D eigenvalue weighted by Crippen LogP contribution is -2.33. The molecule has 3 aromatic rings. The molecule has 2 aromatic carbocycles. The third-order valence-corrected chi connectivity index (χ3v) is 6.52. The van der Waals surface area contributed by atoms with Gasteiger partial charge in [0, 0.05) is 24.9 Å². The molecule has 0 unspecified atom stereocenters. The molecule has 0 saturated carbocycles. The fourth-order valence-electron chi connectivity index (χ4n) is 3.79. The minimum Gasteiger partial charge on any atom is -0.494 e. The first-order chi connectivity index (χ1) is 15.9. The van der Waals surface area contributed by atoms with Gasteiger partial charge in [-0.05, 0) is 63.5 Å². The van der Waals surface area contributed by atoms with Crippen LogP contribution in [0.15, 0.2) is 42.5 Å². The lowest BCUT2D eigenvalue weighted by Gasteiger charge is -2.21. The normalized spacial score (nSPS) is 13.9. The van der Waals surface area contributed by atoms with E-state index in [0.717, 1.165) is 23.2 Å². The highest BCUT2D eigenvalue weighted by atomic mass is 32.1. The van der Waals surface area contributed by atoms with Crippen LogP contribution in [0.5, 0.6) is 5.75 Å². The highest BCUT2D eigenvalue weighted by Crippen LogP contribution is 2.35. The van der Waals surface area contributed by atoms with E-state index < -0.39 is 0 Å². The number of nitrogens with zero attached hydrogens (tertiary/aromatic N) is 4. The molecular formula is C24H26N4O4S. The summed E-state index contributed by atoms with van der Waals surface area (Å²) in [6, 6.07) is 12.3. The van der Waals surface area contributed by atoms with E-state index in [4.69, 9.17) is 9.72 Å². The van der Waals surface area contributed by atoms with Gasteiger partial charge in [0.2, 0.25) is 11.8 Å². The topological polar surface area (TPSA) is 83.0 Å². The molecule has 1 aliphatic heterocycles. The predicted molar refractivity (Wildman–Crippen MR) is 129 cm³/mol. The number of amides is 3. The quantitative estimate of drug-likeness (QED) is 0.472. The molecule has 3 amide bonds. The molecule has 1 fully saturated rings. The molecule has 1 aliphatic rings. The number of methoxy groups -OCH3 is 1. The van der Waals surface area contributed by atoms with Gasteiger partial charge in [0.05, 0.1) is 17.5 Å². The maximum Gasteiger partial charge on any atom is 0.260 e. The van der Waals surface area contributed by atoms with E-state index in [1.807, 2.05) is 32.3 Å². The second-order valence-corrected chi connectivity index (χ2v) is 9.10. The first-order valence-corrected chi connectivity index (χ1v) is 11.6. The Labute approximate surface area is 196 Å². The summed E-state index contributed by atoms with van der Waals surface area (Å²) in [5, 5.41) is 0.604. The van der Waals surface area contributed by atoms with E-state index in [1.54, 1.807) is 36.3 Å². The van der Waals surface area contributed by atoms with Gasteiger partial charge in [0.25, 0.3) is 5.91 Å². The number of carbonyl (C=O) groups is 3. The number of aromatic nitrogens is 1. The molecule has 0 radical (unpaired) electrons. The van der Waals surface area contributed by atoms with Crippen LogP contribution in [0.1, 0.15) is 29.6 Å². The molecule has 1 saturated heterocycles. The SMILES string of the molecule is COc1cccc2sc(N(CCCN(C)C)C(=O)c3ccc(N4C(=O)CCC4=O)cc3)nc12. The molecule has 1 aromatic heterocycles. The number of thiazole rings is 1. The van der Waals surface area contributed by atoms with Crippen molar-refractivity contribution in [3.05, 3.63) is 48.0 Å². The van der Waals surface area contributed by atoms with Gasteiger partial charge in [-0.2, -0.15) is 0 Å². The van der Waals surface area contributed by atoms with Crippen molar-refractivity contribution < 1.29 is 19.1 Å². The van der Waals surface area contributed by atoms with Gasteiger partial charge < -0.3 is 9.64 Å². The highest BCUT2D eigenvalue weighted by Gasteiger charge is 2.30. The zero-order chi connectivity index (χ0) is 23.5. The summed E-state index contributed by atoms with van der Waals surface area (Å²) in [6.07, 6.45) is 1.22. The summed E-state index contributed by atoms with van der Waals surface area (Å²) < 4.78 is 6.37. The van der Waals surface area contributed by atoms with Crippen molar-refractivity contribution in [2.45, 2.75) is 19.3 Å². The van der Waals surface area contributed by atoms with Crippen molar-refractivity contribution in [3.8, 4) is 5.75 Å². The zero-order valence-electron chi connectivity index (χ0n) is 18.9. The maximum absolute atomic E-state index is 13.5. The molecule has 0 N–H and O–H groups in total. The Hall–Kier alpha value is -3.30. The number of rotatable bonds is 8. The maximum atomic E-state index is 13.5. The number of anilines is 2. The van der Waals surface area contributed by atoms with Crippen LogP contribution in [0.25, 0.3) is 10.2 Å². The second-order valence-electron chi connectivity index (χ2n) is 8.09. The van der Waals surface area contributed by atoms with Gasteiger partial charge in [0.1, 0.15) is 11.3 Å². The van der Waals surface area contributed by atoms with Gasteiger partial charge in [-0.1, -0.05) is 17.4 Å². The minimum atomic E-state index is -0.215. The van der Waals surface area contributed by atoms with Crippen molar-refractivity contribution in [2.75, 3.05) is 44.1 Å². The Morgan fingerprint density at radius 3 is 2.39 bits per heavy atom. The van der Waals surface area contributed by atoms with Crippen molar-refractivity contribution in [1.82, 2.24) is 9.88 Å². The van der Waals surface area contributed by atoms with E-state index in [9.17, 15) is 14.4 Å². The minimum absolute atomic E-state index is 0.183. The lowest BCUT2D eigenvalue weighted by molar-refractivity contribution is -0.121. The Bertz CT molecular complexity index is 1170. The second kappa shape index (κ2) is 9.68. The van der Waals surface area contributed by atoms with Gasteiger partial charge >= 0.3 is 0 Å². The molecule has 172 valence electrons. The number of hydrogen-bond acceptors (Lipinski definition) is 7. The number of fused-ring (bicyclic) bond motifs is 1. The summed E-state index contributed by atoms with van der Waals surface area (Å²) in [6.45, 7) is 1.33. The fraction of sp³-hybridized carbons (Fsp3) is 0.333. The van der Waals surface area contributed by atoms with E-state index in [-0.39, 0.29) is 30.6 Å². The van der Waals surface area contributed by atoms with Crippen molar-refractivity contribution in [3.63, 3.8) is 0 Å². The molecule has 0 aliphatic carbocycles. The smallest absolute Gasteiger partial charge is 0.260 e. The van der Waals surface area contributed by atoms with E-state index >= 15 is 0 Å². The van der Waals surface area contributed by atoms with Gasteiger partial charge in [-0.25, -0.2) is 4.98 Å². The van der Waals surface area contributed by atoms with Gasteiger partial charge in [0.15, 0.2) is 5.13 Å². The van der Waals surface area contributed by atoms with Crippen LogP contribution in [0.3, 0.4) is 0 Å². The number of benzene rings is 2. The number of carbonyl (C=O) groups excluding carboxylic acids is 3. The summed E-state index contributed by atoms with van der Waals surface area (Å²) in [4.78, 5) is 47.2. The molecule has 0 bridgehead atoms. The number of ether oxygens (including phenoxy) is 1. The van der Waals surface area contributed by atoms with Crippen LogP contribution in [0, 0.1) is 0 Å². The number of imide groups is 1. The van der Waals surface area contributed by atoms with Gasteiger partial charge in [-0.3, -0.25) is 24.2 Å². The van der Waals surface area contributed by atoms with Crippen LogP contribution in [0.2, 0.25) is 0 Å². The fourth-order valence-corrected chi connectivity index (χ4v) is 4.80. The zero-order valence-corrected chi connectivity index (χ0v) is 19.7. The molecule has 4 rings (SSSR count).